The van der Waals surface area contributed by atoms with Gasteiger partial charge in [-0.05, 0) is 29.3 Å². The Bertz CT molecular complexity index is 511. The van der Waals surface area contributed by atoms with Crippen molar-refractivity contribution in [1.82, 2.24) is 0 Å². The summed E-state index contributed by atoms with van der Waals surface area (Å²) >= 11 is 0. The zero-order valence-corrected chi connectivity index (χ0v) is 8.43. The standard InChI is InChI=1S/C12H9NO3/c13-7-10(12(14)15)6-8-1-2-11-9(5-8)3-4-16-11/h1-2,5-6H,3-4H2,(H,14,15)/b10-6+. The van der Waals surface area contributed by atoms with Gasteiger partial charge >= 0.3 is 5.97 Å². The Morgan fingerprint density at radius 2 is 2.38 bits per heavy atom. The molecule has 80 valence electrons. The van der Waals surface area contributed by atoms with Gasteiger partial charge in [-0.3, -0.25) is 0 Å². The Hall–Kier alpha value is -2.28. The lowest BCUT2D eigenvalue weighted by molar-refractivity contribution is -0.132. The first-order valence-corrected chi connectivity index (χ1v) is 4.81. The third-order valence-corrected chi connectivity index (χ3v) is 2.38. The van der Waals surface area contributed by atoms with Crippen LogP contribution in [0.4, 0.5) is 0 Å². The molecule has 1 N–H and O–H groups in total. The minimum Gasteiger partial charge on any atom is -0.493 e. The third-order valence-electron chi connectivity index (χ3n) is 2.38. The van der Waals surface area contributed by atoms with Gasteiger partial charge in [0.1, 0.15) is 17.4 Å². The Labute approximate surface area is 92.4 Å². The molecule has 16 heavy (non-hydrogen) atoms. The van der Waals surface area contributed by atoms with E-state index in [2.05, 4.69) is 0 Å². The number of nitriles is 1. The van der Waals surface area contributed by atoms with Gasteiger partial charge in [0.25, 0.3) is 0 Å². The van der Waals surface area contributed by atoms with Crippen molar-refractivity contribution in [3.8, 4) is 11.8 Å². The summed E-state index contributed by atoms with van der Waals surface area (Å²) in [5, 5.41) is 17.3. The molecule has 0 unspecified atom stereocenters. The van der Waals surface area contributed by atoms with Crippen LogP contribution in [0.3, 0.4) is 0 Å². The highest BCUT2D eigenvalue weighted by Crippen LogP contribution is 2.26. The molecule has 1 aliphatic rings. The number of ether oxygens (including phenoxy) is 1. The van der Waals surface area contributed by atoms with Gasteiger partial charge in [-0.1, -0.05) is 6.07 Å². The summed E-state index contributed by atoms with van der Waals surface area (Å²) in [4.78, 5) is 10.7. The summed E-state index contributed by atoms with van der Waals surface area (Å²) < 4.78 is 5.33. The topological polar surface area (TPSA) is 70.3 Å². The molecular formula is C12H9NO3. The fraction of sp³-hybridized carbons (Fsp3) is 0.167. The molecule has 0 radical (unpaired) electrons. The second-order valence-corrected chi connectivity index (χ2v) is 3.44. The van der Waals surface area contributed by atoms with E-state index in [4.69, 9.17) is 15.1 Å². The van der Waals surface area contributed by atoms with E-state index in [1.165, 1.54) is 6.08 Å². The first-order chi connectivity index (χ1) is 7.70. The Balaban J connectivity index is 2.36. The van der Waals surface area contributed by atoms with Crippen molar-refractivity contribution >= 4 is 12.0 Å². The van der Waals surface area contributed by atoms with E-state index >= 15 is 0 Å². The van der Waals surface area contributed by atoms with Crippen LogP contribution >= 0.6 is 0 Å². The highest BCUT2D eigenvalue weighted by molar-refractivity contribution is 5.96. The first-order valence-electron chi connectivity index (χ1n) is 4.81. The molecule has 4 heteroatoms. The lowest BCUT2D eigenvalue weighted by Gasteiger charge is -1.99. The minimum atomic E-state index is -1.21. The van der Waals surface area contributed by atoms with E-state index < -0.39 is 5.97 Å². The van der Waals surface area contributed by atoms with Crippen LogP contribution < -0.4 is 4.74 Å². The molecule has 1 heterocycles. The predicted molar refractivity (Wildman–Crippen MR) is 56.9 cm³/mol. The van der Waals surface area contributed by atoms with Gasteiger partial charge in [-0.25, -0.2) is 4.79 Å². The monoisotopic (exact) mass is 215 g/mol. The van der Waals surface area contributed by atoms with Crippen LogP contribution in [0, 0.1) is 11.3 Å². The van der Waals surface area contributed by atoms with Crippen LogP contribution in [-0.2, 0) is 11.2 Å². The molecule has 4 nitrogen and oxygen atoms in total. The molecule has 0 atom stereocenters. The van der Waals surface area contributed by atoms with E-state index in [9.17, 15) is 4.79 Å². The molecule has 1 aromatic rings. The molecule has 0 fully saturated rings. The average Bonchev–Trinajstić information content (AvgIpc) is 2.72. The van der Waals surface area contributed by atoms with Crippen LogP contribution in [0.15, 0.2) is 23.8 Å². The fourth-order valence-corrected chi connectivity index (χ4v) is 1.60. The summed E-state index contributed by atoms with van der Waals surface area (Å²) in [7, 11) is 0. The Kier molecular flexibility index (Phi) is 2.61. The second-order valence-electron chi connectivity index (χ2n) is 3.44. The third kappa shape index (κ3) is 1.89. The molecule has 0 aromatic heterocycles. The number of aliphatic carboxylic acids is 1. The van der Waals surface area contributed by atoms with E-state index in [0.717, 1.165) is 17.7 Å². The molecular weight excluding hydrogens is 206 g/mol. The van der Waals surface area contributed by atoms with E-state index in [1.54, 1.807) is 18.2 Å². The van der Waals surface area contributed by atoms with Crippen molar-refractivity contribution in [2.24, 2.45) is 0 Å². The van der Waals surface area contributed by atoms with Gasteiger partial charge in [-0.2, -0.15) is 5.26 Å². The van der Waals surface area contributed by atoms with Crippen molar-refractivity contribution in [3.05, 3.63) is 34.9 Å². The number of carbonyl (C=O) groups is 1. The van der Waals surface area contributed by atoms with Gasteiger partial charge in [-0.15, -0.1) is 0 Å². The van der Waals surface area contributed by atoms with Crippen molar-refractivity contribution in [2.45, 2.75) is 6.42 Å². The highest BCUT2D eigenvalue weighted by Gasteiger charge is 2.12. The van der Waals surface area contributed by atoms with Crippen molar-refractivity contribution in [1.29, 1.82) is 5.26 Å². The molecule has 0 spiro atoms. The summed E-state index contributed by atoms with van der Waals surface area (Å²) in [6, 6.07) is 7.03. The maximum atomic E-state index is 10.7. The second kappa shape index (κ2) is 4.07. The summed E-state index contributed by atoms with van der Waals surface area (Å²) in [5.41, 5.74) is 1.50. The molecule has 0 amide bonds. The number of hydrogen-bond acceptors (Lipinski definition) is 3. The van der Waals surface area contributed by atoms with Gasteiger partial charge in [0.15, 0.2) is 0 Å². The van der Waals surface area contributed by atoms with Gasteiger partial charge in [0.2, 0.25) is 0 Å². The zero-order valence-electron chi connectivity index (χ0n) is 8.43. The predicted octanol–water partition coefficient (Wildman–Crippen LogP) is 1.61. The molecule has 0 saturated carbocycles. The smallest absolute Gasteiger partial charge is 0.346 e. The van der Waals surface area contributed by atoms with E-state index in [0.29, 0.717) is 12.2 Å². The molecule has 1 aromatic carbocycles. The van der Waals surface area contributed by atoms with E-state index in [1.807, 2.05) is 6.07 Å². The van der Waals surface area contributed by atoms with E-state index in [-0.39, 0.29) is 5.57 Å². The largest absolute Gasteiger partial charge is 0.493 e. The molecule has 1 aliphatic heterocycles. The van der Waals surface area contributed by atoms with Crippen LogP contribution in [0.1, 0.15) is 11.1 Å². The zero-order chi connectivity index (χ0) is 11.5. The molecule has 0 bridgehead atoms. The maximum absolute atomic E-state index is 10.7. The fourth-order valence-electron chi connectivity index (χ4n) is 1.60. The first kappa shape index (κ1) is 10.2. The van der Waals surface area contributed by atoms with Crippen LogP contribution in [0.5, 0.6) is 5.75 Å². The lowest BCUT2D eigenvalue weighted by Crippen LogP contribution is -1.97. The van der Waals surface area contributed by atoms with Gasteiger partial charge in [0.05, 0.1) is 6.61 Å². The van der Waals surface area contributed by atoms with Gasteiger partial charge < -0.3 is 9.84 Å². The quantitative estimate of drug-likeness (QED) is 0.601. The lowest BCUT2D eigenvalue weighted by atomic mass is 10.1. The number of carboxylic acids is 1. The van der Waals surface area contributed by atoms with Crippen molar-refractivity contribution < 1.29 is 14.6 Å². The normalized spacial score (nSPS) is 13.8. The number of benzene rings is 1. The number of hydrogen-bond donors (Lipinski definition) is 1. The van der Waals surface area contributed by atoms with Crippen LogP contribution in [-0.4, -0.2) is 17.7 Å². The minimum absolute atomic E-state index is 0.265. The molecule has 0 aliphatic carbocycles. The summed E-state index contributed by atoms with van der Waals surface area (Å²) in [5.74, 6) is -0.370. The average molecular weight is 215 g/mol. The number of carboxylic acid groups (broad SMARTS) is 1. The van der Waals surface area contributed by atoms with Gasteiger partial charge in [0, 0.05) is 6.42 Å². The van der Waals surface area contributed by atoms with Crippen LogP contribution in [0.25, 0.3) is 6.08 Å². The maximum Gasteiger partial charge on any atom is 0.346 e. The number of fused-ring (bicyclic) bond motifs is 1. The van der Waals surface area contributed by atoms with Crippen molar-refractivity contribution in [2.75, 3.05) is 6.61 Å². The van der Waals surface area contributed by atoms with Crippen molar-refractivity contribution in [3.63, 3.8) is 0 Å². The molecule has 2 rings (SSSR count). The summed E-state index contributed by atoms with van der Waals surface area (Å²) in [6.45, 7) is 0.659. The summed E-state index contributed by atoms with van der Waals surface area (Å²) in [6.07, 6.45) is 2.19. The number of rotatable bonds is 2. The van der Waals surface area contributed by atoms with Crippen LogP contribution in [0.2, 0.25) is 0 Å². The Morgan fingerprint density at radius 3 is 3.06 bits per heavy atom. The Morgan fingerprint density at radius 1 is 1.56 bits per heavy atom. The molecule has 0 saturated heterocycles. The highest BCUT2D eigenvalue weighted by atomic mass is 16.5. The SMILES string of the molecule is N#C/C(=C\c1ccc2c(c1)CCO2)C(=O)O. The number of nitrogens with zero attached hydrogens (tertiary/aromatic N) is 1.